The Hall–Kier alpha value is -0.570. The number of rotatable bonds is 7. The van der Waals surface area contributed by atoms with E-state index >= 15 is 0 Å². The molecule has 17 heavy (non-hydrogen) atoms. The molecular formula is C14H22ClNO. The standard InChI is InChI=1S/C14H22ClNO/c1-4-17-10-12(3)16-11(2)9-13-7-5-6-8-14(13)15/h5-8,11-12,16H,4,9-10H2,1-3H3. The summed E-state index contributed by atoms with van der Waals surface area (Å²) in [5.41, 5.74) is 1.19. The van der Waals surface area contributed by atoms with Crippen molar-refractivity contribution in [2.24, 2.45) is 0 Å². The summed E-state index contributed by atoms with van der Waals surface area (Å²) >= 11 is 6.14. The summed E-state index contributed by atoms with van der Waals surface area (Å²) in [5, 5.41) is 4.35. The highest BCUT2D eigenvalue weighted by Gasteiger charge is 2.09. The second-order valence-corrected chi connectivity index (χ2v) is 4.83. The van der Waals surface area contributed by atoms with Crippen molar-refractivity contribution in [2.75, 3.05) is 13.2 Å². The molecule has 0 amide bonds. The number of nitrogens with one attached hydrogen (secondary N) is 1. The van der Waals surface area contributed by atoms with Gasteiger partial charge in [0.2, 0.25) is 0 Å². The van der Waals surface area contributed by atoms with Crippen LogP contribution in [0.25, 0.3) is 0 Å². The Balaban J connectivity index is 2.39. The lowest BCUT2D eigenvalue weighted by molar-refractivity contribution is 0.124. The molecule has 0 aliphatic carbocycles. The van der Waals surface area contributed by atoms with Gasteiger partial charge < -0.3 is 10.1 Å². The van der Waals surface area contributed by atoms with Gasteiger partial charge in [0.05, 0.1) is 6.61 Å². The maximum absolute atomic E-state index is 6.14. The van der Waals surface area contributed by atoms with Crippen molar-refractivity contribution in [2.45, 2.75) is 39.3 Å². The van der Waals surface area contributed by atoms with Crippen LogP contribution in [0, 0.1) is 0 Å². The van der Waals surface area contributed by atoms with Crippen LogP contribution in [0.3, 0.4) is 0 Å². The smallest absolute Gasteiger partial charge is 0.0616 e. The molecule has 2 unspecified atom stereocenters. The quantitative estimate of drug-likeness (QED) is 0.807. The van der Waals surface area contributed by atoms with Gasteiger partial charge in [0.15, 0.2) is 0 Å². The zero-order valence-electron chi connectivity index (χ0n) is 10.9. The predicted molar refractivity (Wildman–Crippen MR) is 73.7 cm³/mol. The topological polar surface area (TPSA) is 21.3 Å². The molecule has 1 aromatic rings. The van der Waals surface area contributed by atoms with E-state index < -0.39 is 0 Å². The SMILES string of the molecule is CCOCC(C)NC(C)Cc1ccccc1Cl. The van der Waals surface area contributed by atoms with Crippen molar-refractivity contribution in [1.29, 1.82) is 0 Å². The minimum atomic E-state index is 0.368. The summed E-state index contributed by atoms with van der Waals surface area (Å²) in [4.78, 5) is 0. The average Bonchev–Trinajstić information content (AvgIpc) is 2.29. The number of ether oxygens (including phenoxy) is 1. The van der Waals surface area contributed by atoms with Gasteiger partial charge in [-0.05, 0) is 38.8 Å². The fourth-order valence-corrected chi connectivity index (χ4v) is 2.09. The van der Waals surface area contributed by atoms with Crippen LogP contribution in [0.1, 0.15) is 26.3 Å². The zero-order chi connectivity index (χ0) is 12.7. The first kappa shape index (κ1) is 14.5. The molecule has 0 aromatic heterocycles. The fraction of sp³-hybridized carbons (Fsp3) is 0.571. The summed E-state index contributed by atoms with van der Waals surface area (Å²) in [6.07, 6.45) is 0.941. The predicted octanol–water partition coefficient (Wildman–Crippen LogP) is 3.29. The van der Waals surface area contributed by atoms with Crippen LogP contribution in [0.2, 0.25) is 5.02 Å². The molecule has 2 atom stereocenters. The molecule has 0 fully saturated rings. The molecule has 0 bridgehead atoms. The minimum absolute atomic E-state index is 0.368. The molecule has 0 radical (unpaired) electrons. The Morgan fingerprint density at radius 1 is 1.24 bits per heavy atom. The Morgan fingerprint density at radius 2 is 1.94 bits per heavy atom. The van der Waals surface area contributed by atoms with Crippen LogP contribution in [0.5, 0.6) is 0 Å². The van der Waals surface area contributed by atoms with Gasteiger partial charge in [0.1, 0.15) is 0 Å². The highest BCUT2D eigenvalue weighted by molar-refractivity contribution is 6.31. The highest BCUT2D eigenvalue weighted by atomic mass is 35.5. The zero-order valence-corrected chi connectivity index (χ0v) is 11.6. The van der Waals surface area contributed by atoms with Crippen LogP contribution in [-0.4, -0.2) is 25.3 Å². The average molecular weight is 256 g/mol. The summed E-state index contributed by atoms with van der Waals surface area (Å²) < 4.78 is 5.38. The van der Waals surface area contributed by atoms with Crippen molar-refractivity contribution in [3.63, 3.8) is 0 Å². The molecule has 1 rings (SSSR count). The van der Waals surface area contributed by atoms with E-state index in [1.807, 2.05) is 25.1 Å². The maximum atomic E-state index is 6.14. The van der Waals surface area contributed by atoms with Gasteiger partial charge in [0, 0.05) is 23.7 Å². The van der Waals surface area contributed by atoms with Crippen molar-refractivity contribution >= 4 is 11.6 Å². The number of hydrogen-bond donors (Lipinski definition) is 1. The number of halogens is 1. The Bertz CT molecular complexity index is 330. The normalized spacial score (nSPS) is 14.6. The Kier molecular flexibility index (Phi) is 6.56. The molecular weight excluding hydrogens is 234 g/mol. The van der Waals surface area contributed by atoms with Crippen molar-refractivity contribution in [3.05, 3.63) is 34.9 Å². The van der Waals surface area contributed by atoms with Gasteiger partial charge in [-0.1, -0.05) is 29.8 Å². The number of hydrogen-bond acceptors (Lipinski definition) is 2. The second kappa shape index (κ2) is 7.70. The van der Waals surface area contributed by atoms with E-state index in [1.54, 1.807) is 0 Å². The molecule has 2 nitrogen and oxygen atoms in total. The first-order valence-electron chi connectivity index (χ1n) is 6.20. The third-order valence-electron chi connectivity index (χ3n) is 2.62. The molecule has 1 aromatic carbocycles. The van der Waals surface area contributed by atoms with E-state index in [0.29, 0.717) is 12.1 Å². The van der Waals surface area contributed by atoms with Gasteiger partial charge in [0.25, 0.3) is 0 Å². The summed E-state index contributed by atoms with van der Waals surface area (Å²) in [6, 6.07) is 8.76. The van der Waals surface area contributed by atoms with Crippen LogP contribution in [-0.2, 0) is 11.2 Å². The minimum Gasteiger partial charge on any atom is -0.380 e. The highest BCUT2D eigenvalue weighted by Crippen LogP contribution is 2.16. The van der Waals surface area contributed by atoms with Crippen molar-refractivity contribution < 1.29 is 4.74 Å². The van der Waals surface area contributed by atoms with Crippen LogP contribution < -0.4 is 5.32 Å². The Labute approximate surface area is 109 Å². The summed E-state index contributed by atoms with van der Waals surface area (Å²) in [6.45, 7) is 7.85. The molecule has 0 heterocycles. The molecule has 0 spiro atoms. The van der Waals surface area contributed by atoms with E-state index in [0.717, 1.165) is 24.7 Å². The summed E-state index contributed by atoms with van der Waals surface area (Å²) in [5.74, 6) is 0. The lowest BCUT2D eigenvalue weighted by Gasteiger charge is -2.20. The molecule has 0 saturated heterocycles. The van der Waals surface area contributed by atoms with Gasteiger partial charge in [-0.2, -0.15) is 0 Å². The van der Waals surface area contributed by atoms with Gasteiger partial charge >= 0.3 is 0 Å². The van der Waals surface area contributed by atoms with E-state index in [9.17, 15) is 0 Å². The first-order valence-corrected chi connectivity index (χ1v) is 6.58. The molecule has 3 heteroatoms. The van der Waals surface area contributed by atoms with Gasteiger partial charge in [-0.25, -0.2) is 0 Å². The number of benzene rings is 1. The lowest BCUT2D eigenvalue weighted by atomic mass is 10.1. The second-order valence-electron chi connectivity index (χ2n) is 4.42. The third kappa shape index (κ3) is 5.53. The van der Waals surface area contributed by atoms with Crippen LogP contribution in [0.15, 0.2) is 24.3 Å². The largest absolute Gasteiger partial charge is 0.380 e. The lowest BCUT2D eigenvalue weighted by Crippen LogP contribution is -2.38. The molecule has 0 saturated carbocycles. The van der Waals surface area contributed by atoms with Crippen LogP contribution >= 0.6 is 11.6 Å². The Morgan fingerprint density at radius 3 is 2.59 bits per heavy atom. The van der Waals surface area contributed by atoms with E-state index in [1.165, 1.54) is 5.56 Å². The van der Waals surface area contributed by atoms with Crippen molar-refractivity contribution in [3.8, 4) is 0 Å². The molecule has 0 aliphatic rings. The van der Waals surface area contributed by atoms with Gasteiger partial charge in [-0.15, -0.1) is 0 Å². The molecule has 96 valence electrons. The molecule has 0 aliphatic heterocycles. The maximum Gasteiger partial charge on any atom is 0.0616 e. The van der Waals surface area contributed by atoms with Crippen molar-refractivity contribution in [1.82, 2.24) is 5.32 Å². The monoisotopic (exact) mass is 255 g/mol. The van der Waals surface area contributed by atoms with E-state index in [2.05, 4.69) is 25.2 Å². The van der Waals surface area contributed by atoms with E-state index in [-0.39, 0.29) is 0 Å². The fourth-order valence-electron chi connectivity index (χ4n) is 1.88. The van der Waals surface area contributed by atoms with Crippen LogP contribution in [0.4, 0.5) is 0 Å². The van der Waals surface area contributed by atoms with E-state index in [4.69, 9.17) is 16.3 Å². The molecule has 1 N–H and O–H groups in total. The first-order chi connectivity index (χ1) is 8.13. The third-order valence-corrected chi connectivity index (χ3v) is 2.99. The van der Waals surface area contributed by atoms with Gasteiger partial charge in [-0.3, -0.25) is 0 Å². The summed E-state index contributed by atoms with van der Waals surface area (Å²) in [7, 11) is 0.